The zero-order valence-corrected chi connectivity index (χ0v) is 13.2. The summed E-state index contributed by atoms with van der Waals surface area (Å²) >= 11 is 1.56. The molecule has 1 aromatic rings. The third-order valence-electron chi connectivity index (χ3n) is 3.52. The minimum atomic E-state index is -0.974. The van der Waals surface area contributed by atoms with Crippen molar-refractivity contribution >= 4 is 23.3 Å². The van der Waals surface area contributed by atoms with Crippen molar-refractivity contribution in [3.05, 3.63) is 21.9 Å². The Balaban J connectivity index is 1.98. The molecule has 2 amide bonds. The molecule has 1 aliphatic rings. The number of amides is 2. The van der Waals surface area contributed by atoms with Crippen LogP contribution in [0.5, 0.6) is 0 Å². The van der Waals surface area contributed by atoms with Gasteiger partial charge in [0, 0.05) is 18.0 Å². The number of hydrogen-bond donors (Lipinski definition) is 2. The Hall–Kier alpha value is -1.60. The molecule has 1 atom stereocenters. The van der Waals surface area contributed by atoms with E-state index in [-0.39, 0.29) is 6.03 Å². The minimum Gasteiger partial charge on any atom is -0.479 e. The van der Waals surface area contributed by atoms with E-state index in [9.17, 15) is 14.7 Å². The number of nitrogens with zero attached hydrogens (tertiary/aromatic N) is 2. The molecule has 0 spiro atoms. The van der Waals surface area contributed by atoms with Crippen LogP contribution in [0, 0.1) is 0 Å². The molecule has 2 heterocycles. The first kappa shape index (κ1) is 15.8. The van der Waals surface area contributed by atoms with Crippen LogP contribution >= 0.6 is 11.3 Å². The molecular formula is C14H21N3O3S. The molecule has 1 unspecified atom stereocenters. The Labute approximate surface area is 128 Å². The Kier molecular flexibility index (Phi) is 5.19. The molecule has 0 bridgehead atoms. The molecule has 0 aliphatic carbocycles. The Bertz CT molecular complexity index is 515. The summed E-state index contributed by atoms with van der Waals surface area (Å²) in [6.45, 7) is 1.89. The number of rotatable bonds is 5. The number of carbonyl (C=O) groups is 2. The van der Waals surface area contributed by atoms with Crippen LogP contribution in [-0.2, 0) is 11.2 Å². The second kappa shape index (κ2) is 6.91. The van der Waals surface area contributed by atoms with Gasteiger partial charge in [-0.05, 0) is 50.5 Å². The smallest absolute Gasteiger partial charge is 0.331 e. The first-order chi connectivity index (χ1) is 10.0. The minimum absolute atomic E-state index is 0.294. The Morgan fingerprint density at radius 3 is 2.95 bits per heavy atom. The Morgan fingerprint density at radius 1 is 1.52 bits per heavy atom. The van der Waals surface area contributed by atoms with Crippen LogP contribution in [0.25, 0.3) is 0 Å². The summed E-state index contributed by atoms with van der Waals surface area (Å²) in [5.41, 5.74) is 0.752. The molecule has 0 aromatic carbocycles. The highest BCUT2D eigenvalue weighted by molar-refractivity contribution is 7.10. The largest absolute Gasteiger partial charge is 0.479 e. The van der Waals surface area contributed by atoms with Gasteiger partial charge in [-0.15, -0.1) is 11.3 Å². The quantitative estimate of drug-likeness (QED) is 0.806. The number of hydrogen-bond acceptors (Lipinski definition) is 4. The number of carboxylic acids is 1. The van der Waals surface area contributed by atoms with Crippen LogP contribution in [0.1, 0.15) is 22.9 Å². The molecule has 2 rings (SSSR count). The predicted octanol–water partition coefficient (Wildman–Crippen LogP) is 1.39. The average molecular weight is 311 g/mol. The molecule has 7 heteroatoms. The van der Waals surface area contributed by atoms with Crippen molar-refractivity contribution in [3.8, 4) is 0 Å². The first-order valence-electron chi connectivity index (χ1n) is 6.99. The van der Waals surface area contributed by atoms with E-state index in [0.717, 1.165) is 29.8 Å². The molecule has 6 nitrogen and oxygen atoms in total. The lowest BCUT2D eigenvalue weighted by Crippen LogP contribution is -2.48. The second-order valence-corrected chi connectivity index (χ2v) is 6.37. The molecule has 0 fully saturated rings. The van der Waals surface area contributed by atoms with E-state index in [1.165, 1.54) is 4.90 Å². The zero-order valence-electron chi connectivity index (χ0n) is 12.3. The van der Waals surface area contributed by atoms with Crippen LogP contribution in [0.15, 0.2) is 11.4 Å². The summed E-state index contributed by atoms with van der Waals surface area (Å²) in [6.07, 6.45) is 1.57. The Morgan fingerprint density at radius 2 is 2.29 bits per heavy atom. The van der Waals surface area contributed by atoms with E-state index >= 15 is 0 Å². The summed E-state index contributed by atoms with van der Waals surface area (Å²) < 4.78 is 0. The number of carboxylic acid groups (broad SMARTS) is 1. The molecule has 0 radical (unpaired) electrons. The van der Waals surface area contributed by atoms with Crippen molar-refractivity contribution in [1.29, 1.82) is 0 Å². The maximum Gasteiger partial charge on any atom is 0.331 e. The summed E-state index contributed by atoms with van der Waals surface area (Å²) in [6, 6.07) is 0.649. The van der Waals surface area contributed by atoms with Crippen molar-refractivity contribution in [2.24, 2.45) is 0 Å². The lowest BCUT2D eigenvalue weighted by Gasteiger charge is -2.33. The number of thiophene rings is 1. The van der Waals surface area contributed by atoms with Crippen LogP contribution < -0.4 is 5.32 Å². The maximum absolute atomic E-state index is 12.2. The summed E-state index contributed by atoms with van der Waals surface area (Å²) in [5.74, 6) is -0.974. The van der Waals surface area contributed by atoms with Crippen molar-refractivity contribution in [2.45, 2.75) is 18.9 Å². The second-order valence-electron chi connectivity index (χ2n) is 5.37. The van der Waals surface area contributed by atoms with Gasteiger partial charge in [0.15, 0.2) is 6.04 Å². The number of carbonyl (C=O) groups excluding carboxylic acids is 1. The number of urea groups is 1. The van der Waals surface area contributed by atoms with Crippen LogP contribution in [0.2, 0.25) is 0 Å². The summed E-state index contributed by atoms with van der Waals surface area (Å²) in [5, 5.41) is 14.1. The van der Waals surface area contributed by atoms with Crippen molar-refractivity contribution in [1.82, 2.24) is 15.1 Å². The number of nitrogens with one attached hydrogen (secondary N) is 1. The summed E-state index contributed by atoms with van der Waals surface area (Å²) in [4.78, 5) is 28.3. The van der Waals surface area contributed by atoms with Gasteiger partial charge in [0.25, 0.3) is 0 Å². The monoisotopic (exact) mass is 311 g/mol. The number of fused-ring (bicyclic) bond motifs is 1. The van der Waals surface area contributed by atoms with Gasteiger partial charge in [-0.25, -0.2) is 9.59 Å². The van der Waals surface area contributed by atoms with Gasteiger partial charge in [0.1, 0.15) is 0 Å². The highest BCUT2D eigenvalue weighted by Crippen LogP contribution is 2.33. The standard InChI is InChI=1S/C14H21N3O3S/c1-16(2)7-3-6-15-14(20)17-8-4-11-10(5-9-21-11)12(17)13(18)19/h5,9,12H,3-4,6-8H2,1-2H3,(H,15,20)(H,18,19). The summed E-state index contributed by atoms with van der Waals surface area (Å²) in [7, 11) is 3.95. The van der Waals surface area contributed by atoms with Gasteiger partial charge in [-0.3, -0.25) is 0 Å². The molecule has 116 valence electrons. The molecule has 0 saturated heterocycles. The van der Waals surface area contributed by atoms with Crippen molar-refractivity contribution in [3.63, 3.8) is 0 Å². The van der Waals surface area contributed by atoms with E-state index in [4.69, 9.17) is 0 Å². The molecule has 2 N–H and O–H groups in total. The molecule has 21 heavy (non-hydrogen) atoms. The lowest BCUT2D eigenvalue weighted by atomic mass is 10.0. The topological polar surface area (TPSA) is 72.9 Å². The van der Waals surface area contributed by atoms with Crippen LogP contribution in [0.3, 0.4) is 0 Å². The zero-order chi connectivity index (χ0) is 15.4. The third-order valence-corrected chi connectivity index (χ3v) is 4.52. The lowest BCUT2D eigenvalue weighted by molar-refractivity contribution is -0.142. The fraction of sp³-hybridized carbons (Fsp3) is 0.571. The fourth-order valence-electron chi connectivity index (χ4n) is 2.49. The molecule has 0 saturated carbocycles. The predicted molar refractivity (Wildman–Crippen MR) is 81.7 cm³/mol. The number of aliphatic carboxylic acids is 1. The van der Waals surface area contributed by atoms with E-state index in [1.54, 1.807) is 11.3 Å². The van der Waals surface area contributed by atoms with E-state index in [2.05, 4.69) is 5.32 Å². The van der Waals surface area contributed by atoms with Crippen molar-refractivity contribution in [2.75, 3.05) is 33.7 Å². The van der Waals surface area contributed by atoms with Gasteiger partial charge in [-0.2, -0.15) is 0 Å². The highest BCUT2D eigenvalue weighted by Gasteiger charge is 2.36. The average Bonchev–Trinajstić information content (AvgIpc) is 2.89. The van der Waals surface area contributed by atoms with Gasteiger partial charge < -0.3 is 20.2 Å². The third kappa shape index (κ3) is 3.74. The van der Waals surface area contributed by atoms with Crippen molar-refractivity contribution < 1.29 is 14.7 Å². The van der Waals surface area contributed by atoms with E-state index < -0.39 is 12.0 Å². The highest BCUT2D eigenvalue weighted by atomic mass is 32.1. The molecular weight excluding hydrogens is 290 g/mol. The van der Waals surface area contributed by atoms with E-state index in [1.807, 2.05) is 30.4 Å². The van der Waals surface area contributed by atoms with Crippen LogP contribution in [-0.4, -0.2) is 60.6 Å². The normalized spacial score (nSPS) is 17.7. The molecule has 1 aliphatic heterocycles. The van der Waals surface area contributed by atoms with Gasteiger partial charge in [-0.1, -0.05) is 0 Å². The van der Waals surface area contributed by atoms with Gasteiger partial charge in [0.05, 0.1) is 0 Å². The fourth-order valence-corrected chi connectivity index (χ4v) is 3.40. The van der Waals surface area contributed by atoms with Gasteiger partial charge >= 0.3 is 12.0 Å². The SMILES string of the molecule is CN(C)CCCNC(=O)N1CCc2sccc2C1C(=O)O. The van der Waals surface area contributed by atoms with Crippen LogP contribution in [0.4, 0.5) is 4.79 Å². The van der Waals surface area contributed by atoms with E-state index in [0.29, 0.717) is 13.1 Å². The molecule has 1 aromatic heterocycles. The maximum atomic E-state index is 12.2. The first-order valence-corrected chi connectivity index (χ1v) is 7.87. The van der Waals surface area contributed by atoms with Gasteiger partial charge in [0.2, 0.25) is 0 Å².